The van der Waals surface area contributed by atoms with E-state index in [1.807, 2.05) is 30.3 Å². The van der Waals surface area contributed by atoms with Crippen LogP contribution in [0, 0.1) is 0 Å². The summed E-state index contributed by atoms with van der Waals surface area (Å²) < 4.78 is 2.62. The van der Waals surface area contributed by atoms with Crippen molar-refractivity contribution in [3.05, 3.63) is 56.8 Å². The van der Waals surface area contributed by atoms with E-state index >= 15 is 0 Å². The van der Waals surface area contributed by atoms with Crippen LogP contribution in [0.5, 0.6) is 0 Å². The summed E-state index contributed by atoms with van der Waals surface area (Å²) in [5.74, 6) is 0.0716. The maximum Gasteiger partial charge on any atom is 0.236 e. The van der Waals surface area contributed by atoms with E-state index in [0.29, 0.717) is 11.4 Å². The highest BCUT2D eigenvalue weighted by Gasteiger charge is 2.21. The van der Waals surface area contributed by atoms with Crippen LogP contribution in [0.3, 0.4) is 0 Å². The van der Waals surface area contributed by atoms with Crippen molar-refractivity contribution in [2.24, 2.45) is 0 Å². The topological polar surface area (TPSA) is 34.0 Å². The van der Waals surface area contributed by atoms with Crippen molar-refractivity contribution in [2.45, 2.75) is 19.4 Å². The first-order valence-corrected chi connectivity index (χ1v) is 7.69. The first kappa shape index (κ1) is 13.9. The standard InChI is InChI=1S/C15H14BrClN2O/c16-14-8-11-9-18-5-4-13(11)19(14)15(20)7-10-2-1-3-12(17)6-10/h1-3,6,8,18H,4-5,7,9H2. The Morgan fingerprint density at radius 1 is 1.40 bits per heavy atom. The Hall–Kier alpha value is -1.10. The van der Waals surface area contributed by atoms with Crippen LogP contribution in [0.15, 0.2) is 34.9 Å². The molecule has 1 aliphatic heterocycles. The van der Waals surface area contributed by atoms with Gasteiger partial charge in [-0.25, -0.2) is 0 Å². The molecule has 2 heterocycles. The summed E-state index contributed by atoms with van der Waals surface area (Å²) in [6.45, 7) is 1.74. The second-order valence-electron chi connectivity index (χ2n) is 4.90. The maximum absolute atomic E-state index is 12.5. The molecule has 3 nitrogen and oxygen atoms in total. The third kappa shape index (κ3) is 2.68. The lowest BCUT2D eigenvalue weighted by molar-refractivity contribution is 0.0908. The molecule has 5 heteroatoms. The zero-order valence-electron chi connectivity index (χ0n) is 10.8. The number of hydrogen-bond donors (Lipinski definition) is 1. The lowest BCUT2D eigenvalue weighted by Crippen LogP contribution is -2.26. The molecule has 1 aromatic heterocycles. The van der Waals surface area contributed by atoms with Gasteiger partial charge < -0.3 is 5.32 Å². The molecule has 0 radical (unpaired) electrons. The zero-order valence-corrected chi connectivity index (χ0v) is 13.2. The van der Waals surface area contributed by atoms with Gasteiger partial charge in [-0.1, -0.05) is 23.7 Å². The van der Waals surface area contributed by atoms with Gasteiger partial charge in [0.25, 0.3) is 0 Å². The fraction of sp³-hybridized carbons (Fsp3) is 0.267. The van der Waals surface area contributed by atoms with Gasteiger partial charge in [-0.3, -0.25) is 9.36 Å². The molecule has 1 aromatic carbocycles. The van der Waals surface area contributed by atoms with Crippen LogP contribution in [0.1, 0.15) is 21.6 Å². The first-order valence-electron chi connectivity index (χ1n) is 6.52. The molecule has 0 fully saturated rings. The van der Waals surface area contributed by atoms with Crippen molar-refractivity contribution in [3.8, 4) is 0 Å². The van der Waals surface area contributed by atoms with Gasteiger partial charge >= 0.3 is 0 Å². The Labute approximate surface area is 131 Å². The van der Waals surface area contributed by atoms with E-state index in [1.54, 1.807) is 4.57 Å². The van der Waals surface area contributed by atoms with Gasteiger partial charge in [0.2, 0.25) is 5.91 Å². The molecule has 0 saturated carbocycles. The summed E-state index contributed by atoms with van der Waals surface area (Å²) in [5.41, 5.74) is 3.25. The number of rotatable bonds is 2. The SMILES string of the molecule is O=C(Cc1cccc(Cl)c1)n1c(Br)cc2c1CCNC2. The highest BCUT2D eigenvalue weighted by atomic mass is 79.9. The highest BCUT2D eigenvalue weighted by Crippen LogP contribution is 2.24. The molecule has 104 valence electrons. The molecule has 0 atom stereocenters. The smallest absolute Gasteiger partial charge is 0.236 e. The van der Waals surface area contributed by atoms with Gasteiger partial charge in [0, 0.05) is 30.2 Å². The van der Waals surface area contributed by atoms with E-state index < -0.39 is 0 Å². The third-order valence-electron chi connectivity index (χ3n) is 3.50. The van der Waals surface area contributed by atoms with E-state index in [2.05, 4.69) is 21.2 Å². The molecule has 0 bridgehead atoms. The average Bonchev–Trinajstić information content (AvgIpc) is 2.74. The predicted octanol–water partition coefficient (Wildman–Crippen LogP) is 3.43. The van der Waals surface area contributed by atoms with E-state index in [-0.39, 0.29) is 5.91 Å². The van der Waals surface area contributed by atoms with Gasteiger partial charge in [0.1, 0.15) is 0 Å². The second kappa shape index (κ2) is 5.72. The van der Waals surface area contributed by atoms with Crippen molar-refractivity contribution in [3.63, 3.8) is 0 Å². The molecule has 0 unspecified atom stereocenters. The molecule has 3 rings (SSSR count). The molecule has 2 aromatic rings. The number of fused-ring (bicyclic) bond motifs is 1. The summed E-state index contributed by atoms with van der Waals surface area (Å²) in [6, 6.07) is 9.47. The number of aromatic nitrogens is 1. The van der Waals surface area contributed by atoms with Gasteiger partial charge in [-0.05, 0) is 45.3 Å². The van der Waals surface area contributed by atoms with Crippen LogP contribution < -0.4 is 5.32 Å². The number of halogens is 2. The zero-order chi connectivity index (χ0) is 14.1. The van der Waals surface area contributed by atoms with E-state index in [0.717, 1.165) is 35.4 Å². The molecule has 0 aliphatic carbocycles. The van der Waals surface area contributed by atoms with Crippen molar-refractivity contribution >= 4 is 33.4 Å². The number of benzene rings is 1. The van der Waals surface area contributed by atoms with Gasteiger partial charge in [0.05, 0.1) is 11.0 Å². The first-order chi connectivity index (χ1) is 9.65. The summed E-state index contributed by atoms with van der Waals surface area (Å²) in [6.07, 6.45) is 1.23. The molecule has 1 N–H and O–H groups in total. The normalized spacial score (nSPS) is 14.1. The lowest BCUT2D eigenvalue weighted by Gasteiger charge is -2.16. The minimum Gasteiger partial charge on any atom is -0.312 e. The monoisotopic (exact) mass is 352 g/mol. The number of nitrogens with zero attached hydrogens (tertiary/aromatic N) is 1. The Morgan fingerprint density at radius 3 is 3.05 bits per heavy atom. The molecule has 0 amide bonds. The lowest BCUT2D eigenvalue weighted by atomic mass is 10.1. The number of carbonyl (C=O) groups excluding carboxylic acids is 1. The summed E-state index contributed by atoms with van der Waals surface area (Å²) >= 11 is 9.46. The highest BCUT2D eigenvalue weighted by molar-refractivity contribution is 9.10. The minimum absolute atomic E-state index is 0.0716. The Bertz CT molecular complexity index is 666. The van der Waals surface area contributed by atoms with Crippen molar-refractivity contribution in [2.75, 3.05) is 6.54 Å². The van der Waals surface area contributed by atoms with Gasteiger partial charge in [0.15, 0.2) is 0 Å². The summed E-state index contributed by atoms with van der Waals surface area (Å²) in [4.78, 5) is 12.5. The minimum atomic E-state index is 0.0716. The quantitative estimate of drug-likeness (QED) is 0.897. The van der Waals surface area contributed by atoms with Crippen molar-refractivity contribution in [1.29, 1.82) is 0 Å². The van der Waals surface area contributed by atoms with Crippen LogP contribution in [0.2, 0.25) is 5.02 Å². The van der Waals surface area contributed by atoms with Crippen LogP contribution in [-0.4, -0.2) is 17.0 Å². The second-order valence-corrected chi connectivity index (χ2v) is 6.15. The molecule has 20 heavy (non-hydrogen) atoms. The van der Waals surface area contributed by atoms with Crippen molar-refractivity contribution < 1.29 is 4.79 Å². The predicted molar refractivity (Wildman–Crippen MR) is 83.3 cm³/mol. The molecule has 0 saturated heterocycles. The number of hydrogen-bond acceptors (Lipinski definition) is 2. The molecular formula is C15H14BrClN2O. The fourth-order valence-corrected chi connectivity index (χ4v) is 3.49. The summed E-state index contributed by atoms with van der Waals surface area (Å²) in [5, 5.41) is 3.97. The average molecular weight is 354 g/mol. The fourth-order valence-electron chi connectivity index (χ4n) is 2.59. The van der Waals surface area contributed by atoms with Crippen LogP contribution in [0.25, 0.3) is 0 Å². The van der Waals surface area contributed by atoms with Crippen molar-refractivity contribution in [1.82, 2.24) is 9.88 Å². The molecular weight excluding hydrogens is 340 g/mol. The van der Waals surface area contributed by atoms with Gasteiger partial charge in [-0.15, -0.1) is 0 Å². The Balaban J connectivity index is 1.89. The van der Waals surface area contributed by atoms with Crippen LogP contribution in [0.4, 0.5) is 0 Å². The van der Waals surface area contributed by atoms with Gasteiger partial charge in [-0.2, -0.15) is 0 Å². The van der Waals surface area contributed by atoms with E-state index in [4.69, 9.17) is 11.6 Å². The number of nitrogens with one attached hydrogen (secondary N) is 1. The largest absolute Gasteiger partial charge is 0.312 e. The number of carbonyl (C=O) groups is 1. The van der Waals surface area contributed by atoms with E-state index in [1.165, 1.54) is 5.56 Å². The van der Waals surface area contributed by atoms with E-state index in [9.17, 15) is 4.79 Å². The molecule has 1 aliphatic rings. The maximum atomic E-state index is 12.5. The molecule has 0 spiro atoms. The Morgan fingerprint density at radius 2 is 2.25 bits per heavy atom. The summed E-state index contributed by atoms with van der Waals surface area (Å²) in [7, 11) is 0. The van der Waals surface area contributed by atoms with Crippen LogP contribution in [-0.2, 0) is 19.4 Å². The third-order valence-corrected chi connectivity index (χ3v) is 4.31. The van der Waals surface area contributed by atoms with Crippen LogP contribution >= 0.6 is 27.5 Å². The Kier molecular flexibility index (Phi) is 3.96.